The van der Waals surface area contributed by atoms with Gasteiger partial charge >= 0.3 is 0 Å². The third kappa shape index (κ3) is 6.90. The number of hydrogen-bond donors (Lipinski definition) is 0. The van der Waals surface area contributed by atoms with Gasteiger partial charge in [-0.15, -0.1) is 0 Å². The maximum absolute atomic E-state index is 10.3. The second-order valence-electron chi connectivity index (χ2n) is 2.12. The topological polar surface area (TPSA) is 58.7 Å². The van der Waals surface area contributed by atoms with Crippen molar-refractivity contribution in [3.63, 3.8) is 0 Å². The molecule has 0 aliphatic heterocycles. The average molecular weight is 257 g/mol. The molecule has 1 N–H and O–H groups in total. The summed E-state index contributed by atoms with van der Waals surface area (Å²) in [4.78, 5) is 10.3. The molecular formula is C8H14N3OY-. The van der Waals surface area contributed by atoms with Crippen molar-refractivity contribution in [2.75, 3.05) is 0 Å². The average Bonchev–Trinajstić information content (AvgIpc) is 2.39. The van der Waals surface area contributed by atoms with Crippen molar-refractivity contribution in [3.05, 3.63) is 23.7 Å². The van der Waals surface area contributed by atoms with Crippen LogP contribution >= 0.6 is 0 Å². The van der Waals surface area contributed by atoms with Gasteiger partial charge in [0.1, 0.15) is 0 Å². The number of carbonyl (C=O) groups excluding carboxylic acids is 1. The van der Waals surface area contributed by atoms with E-state index < -0.39 is 5.91 Å². The molecule has 4 nitrogen and oxygen atoms in total. The third-order valence-electron chi connectivity index (χ3n) is 1.12. The summed E-state index contributed by atoms with van der Waals surface area (Å²) in [6, 6.07) is 0. The van der Waals surface area contributed by atoms with Crippen molar-refractivity contribution in [2.45, 2.75) is 20.3 Å². The minimum absolute atomic E-state index is 0. The van der Waals surface area contributed by atoms with E-state index in [9.17, 15) is 4.79 Å². The van der Waals surface area contributed by atoms with Crippen LogP contribution in [0.15, 0.2) is 12.4 Å². The van der Waals surface area contributed by atoms with E-state index in [1.54, 1.807) is 24.1 Å². The number of nitrogens with one attached hydrogen (secondary N) is 1. The van der Waals surface area contributed by atoms with Crippen molar-refractivity contribution in [1.29, 1.82) is 0 Å². The molecule has 1 radical (unpaired) electrons. The van der Waals surface area contributed by atoms with Crippen LogP contribution in [0.3, 0.4) is 0 Å². The van der Waals surface area contributed by atoms with Gasteiger partial charge in [-0.3, -0.25) is 4.68 Å². The summed E-state index contributed by atoms with van der Waals surface area (Å²) in [5, 5.41) is 3.85. The molecule has 0 aliphatic carbocycles. The van der Waals surface area contributed by atoms with Crippen LogP contribution in [-0.2, 0) is 51.0 Å². The van der Waals surface area contributed by atoms with E-state index in [-0.39, 0.29) is 39.1 Å². The monoisotopic (exact) mass is 257 g/mol. The molecule has 0 saturated heterocycles. The Kier molecular flexibility index (Phi) is 9.85. The molecule has 0 atom stereocenters. The zero-order valence-electron chi connectivity index (χ0n) is 8.24. The van der Waals surface area contributed by atoms with Crippen LogP contribution in [0.1, 0.15) is 19.4 Å². The number of amides is 1. The van der Waals surface area contributed by atoms with Crippen molar-refractivity contribution in [3.8, 4) is 0 Å². The number of carbonyl (C=O) groups is 1. The Morgan fingerprint density at radius 1 is 1.62 bits per heavy atom. The predicted octanol–water partition coefficient (Wildman–Crippen LogP) is 1.57. The molecule has 1 aromatic rings. The Balaban J connectivity index is 0. The summed E-state index contributed by atoms with van der Waals surface area (Å²) in [6.45, 7) is 4.00. The Labute approximate surface area is 104 Å². The molecule has 0 aliphatic rings. The van der Waals surface area contributed by atoms with Gasteiger partial charge in [0.05, 0.1) is 12.1 Å². The SMILES string of the molecule is CC.Cn1cc(CC([NH-])=O)cn1.[Y]. The van der Waals surface area contributed by atoms with Crippen molar-refractivity contribution < 1.29 is 37.5 Å². The van der Waals surface area contributed by atoms with Gasteiger partial charge in [0.2, 0.25) is 0 Å². The Bertz CT molecular complexity index is 247. The predicted molar refractivity (Wildman–Crippen MR) is 47.6 cm³/mol. The third-order valence-corrected chi connectivity index (χ3v) is 1.12. The first kappa shape index (κ1) is 15.3. The molecule has 1 rings (SSSR count). The van der Waals surface area contributed by atoms with E-state index >= 15 is 0 Å². The standard InChI is InChI=1S/C6H9N3O.C2H6.Y/c1-9-4-5(3-8-9)2-6(7)10;1-2;/h3-4H,2H2,1H3,(H2,7,10);1-2H3;/p-1. The van der Waals surface area contributed by atoms with E-state index in [1.807, 2.05) is 13.8 Å². The molecule has 0 bridgehead atoms. The van der Waals surface area contributed by atoms with Crippen LogP contribution in [0.4, 0.5) is 0 Å². The zero-order valence-corrected chi connectivity index (χ0v) is 11.1. The summed E-state index contributed by atoms with van der Waals surface area (Å²) in [6.07, 6.45) is 3.48. The van der Waals surface area contributed by atoms with Gasteiger partial charge in [0, 0.05) is 52.4 Å². The summed E-state index contributed by atoms with van der Waals surface area (Å²) < 4.78 is 1.61. The van der Waals surface area contributed by atoms with Crippen molar-refractivity contribution >= 4 is 5.91 Å². The van der Waals surface area contributed by atoms with Gasteiger partial charge in [0.15, 0.2) is 0 Å². The van der Waals surface area contributed by atoms with Crippen molar-refractivity contribution in [1.82, 2.24) is 9.78 Å². The molecule has 1 amide bonds. The van der Waals surface area contributed by atoms with Gasteiger partial charge in [-0.2, -0.15) is 5.10 Å². The van der Waals surface area contributed by atoms with Crippen LogP contribution in [-0.4, -0.2) is 15.7 Å². The van der Waals surface area contributed by atoms with Crippen molar-refractivity contribution in [2.24, 2.45) is 7.05 Å². The largest absolute Gasteiger partial charge is 0.667 e. The fourth-order valence-corrected chi connectivity index (χ4v) is 0.749. The minimum atomic E-state index is -0.576. The molecule has 5 heteroatoms. The van der Waals surface area contributed by atoms with Crippen LogP contribution < -0.4 is 0 Å². The van der Waals surface area contributed by atoms with Crippen LogP contribution in [0.5, 0.6) is 0 Å². The number of aryl methyl sites for hydroxylation is 1. The molecule has 1 heterocycles. The molecule has 0 spiro atoms. The second kappa shape index (κ2) is 8.39. The number of aromatic nitrogens is 2. The molecule has 0 saturated carbocycles. The summed E-state index contributed by atoms with van der Waals surface area (Å²) in [5.74, 6) is -0.576. The number of hydrogen-bond acceptors (Lipinski definition) is 2. The second-order valence-corrected chi connectivity index (χ2v) is 2.12. The van der Waals surface area contributed by atoms with Gasteiger partial charge in [-0.1, -0.05) is 13.8 Å². The normalized spacial score (nSPS) is 7.92. The number of rotatable bonds is 2. The van der Waals surface area contributed by atoms with E-state index in [2.05, 4.69) is 5.10 Å². The van der Waals surface area contributed by atoms with Gasteiger partial charge in [-0.25, -0.2) is 0 Å². The zero-order chi connectivity index (χ0) is 9.56. The van der Waals surface area contributed by atoms with E-state index in [0.29, 0.717) is 0 Å². The Morgan fingerprint density at radius 2 is 2.15 bits per heavy atom. The van der Waals surface area contributed by atoms with Gasteiger partial charge in [0.25, 0.3) is 0 Å². The first-order valence-corrected chi connectivity index (χ1v) is 3.90. The van der Waals surface area contributed by atoms with E-state index in [1.165, 1.54) is 0 Å². The summed E-state index contributed by atoms with van der Waals surface area (Å²) in [7, 11) is 1.78. The molecule has 1 aromatic heterocycles. The Hall–Kier alpha value is -0.216. The van der Waals surface area contributed by atoms with Gasteiger partial charge in [-0.05, 0) is 5.56 Å². The molecule has 13 heavy (non-hydrogen) atoms. The summed E-state index contributed by atoms with van der Waals surface area (Å²) >= 11 is 0. The van der Waals surface area contributed by atoms with Crippen LogP contribution in [0.2, 0.25) is 0 Å². The molecule has 0 aromatic carbocycles. The summed E-state index contributed by atoms with van der Waals surface area (Å²) in [5.41, 5.74) is 7.44. The fraction of sp³-hybridized carbons (Fsp3) is 0.500. The van der Waals surface area contributed by atoms with Crippen LogP contribution in [0, 0.1) is 0 Å². The van der Waals surface area contributed by atoms with Gasteiger partial charge < -0.3 is 10.5 Å². The molecule has 0 fully saturated rings. The molecule has 0 unspecified atom stereocenters. The minimum Gasteiger partial charge on any atom is -0.667 e. The fourth-order valence-electron chi connectivity index (χ4n) is 0.749. The first-order valence-electron chi connectivity index (χ1n) is 3.90. The maximum atomic E-state index is 10.3. The van der Waals surface area contributed by atoms with Crippen LogP contribution in [0.25, 0.3) is 5.73 Å². The smallest absolute Gasteiger partial charge is 0.0533 e. The number of nitrogens with zero attached hydrogens (tertiary/aromatic N) is 2. The van der Waals surface area contributed by atoms with E-state index in [4.69, 9.17) is 5.73 Å². The quantitative estimate of drug-likeness (QED) is 0.807. The Morgan fingerprint density at radius 3 is 2.46 bits per heavy atom. The molecule has 71 valence electrons. The first-order chi connectivity index (χ1) is 5.68. The molecular weight excluding hydrogens is 243 g/mol. The maximum Gasteiger partial charge on any atom is 0.0533 e. The van der Waals surface area contributed by atoms with E-state index in [0.717, 1.165) is 5.56 Å².